The molecule has 2 aromatic heterocycles. The second-order valence-electron chi connectivity index (χ2n) is 2.11. The largest absolute Gasteiger partial charge is 0.324 e. The molecule has 0 bridgehead atoms. The van der Waals surface area contributed by atoms with E-state index in [2.05, 4.69) is 15.3 Å². The van der Waals surface area contributed by atoms with Gasteiger partial charge < -0.3 is 5.73 Å². The number of aromatic nitrogens is 4. The Bertz CT molecular complexity index is 366. The normalized spacial score (nSPS) is 10.6. The van der Waals surface area contributed by atoms with Crippen LogP contribution in [0.3, 0.4) is 0 Å². The third-order valence-electron chi connectivity index (χ3n) is 1.43. The van der Waals surface area contributed by atoms with Crippen LogP contribution in [0.15, 0.2) is 18.3 Å². The summed E-state index contributed by atoms with van der Waals surface area (Å²) >= 11 is 0. The van der Waals surface area contributed by atoms with Crippen LogP contribution >= 0.6 is 0 Å². The summed E-state index contributed by atoms with van der Waals surface area (Å²) in [5.74, 6) is 0.681. The van der Waals surface area contributed by atoms with Gasteiger partial charge in [0.05, 0.1) is 6.54 Å². The minimum atomic E-state index is 0.359. The maximum absolute atomic E-state index is 5.40. The highest BCUT2D eigenvalue weighted by Crippen LogP contribution is 1.97. The summed E-state index contributed by atoms with van der Waals surface area (Å²) in [6, 6.07) is 3.64. The average molecular weight is 149 g/mol. The molecule has 0 aromatic carbocycles. The SMILES string of the molecule is NCc1nnc2cccnn12. The van der Waals surface area contributed by atoms with Crippen LogP contribution in [0.1, 0.15) is 5.82 Å². The molecule has 0 saturated heterocycles. The first kappa shape index (κ1) is 6.23. The number of nitrogens with two attached hydrogens (primary N) is 1. The second-order valence-corrected chi connectivity index (χ2v) is 2.11. The fraction of sp³-hybridized carbons (Fsp3) is 0.167. The average Bonchev–Trinajstić information content (AvgIpc) is 2.47. The maximum Gasteiger partial charge on any atom is 0.177 e. The van der Waals surface area contributed by atoms with E-state index in [-0.39, 0.29) is 0 Å². The van der Waals surface area contributed by atoms with Gasteiger partial charge in [-0.05, 0) is 12.1 Å². The van der Waals surface area contributed by atoms with Gasteiger partial charge in [-0.1, -0.05) is 0 Å². The van der Waals surface area contributed by atoms with Crippen molar-refractivity contribution in [3.8, 4) is 0 Å². The zero-order chi connectivity index (χ0) is 7.68. The molecule has 0 radical (unpaired) electrons. The predicted octanol–water partition coefficient (Wildman–Crippen LogP) is -0.417. The van der Waals surface area contributed by atoms with Crippen LogP contribution < -0.4 is 5.73 Å². The quantitative estimate of drug-likeness (QED) is 0.598. The van der Waals surface area contributed by atoms with E-state index in [0.717, 1.165) is 5.65 Å². The van der Waals surface area contributed by atoms with Gasteiger partial charge in [0, 0.05) is 6.20 Å². The second kappa shape index (κ2) is 2.28. The van der Waals surface area contributed by atoms with E-state index < -0.39 is 0 Å². The van der Waals surface area contributed by atoms with Crippen molar-refractivity contribution in [2.24, 2.45) is 5.73 Å². The number of rotatable bonds is 1. The smallest absolute Gasteiger partial charge is 0.177 e. The zero-order valence-corrected chi connectivity index (χ0v) is 5.81. The van der Waals surface area contributed by atoms with Crippen LogP contribution in [0.25, 0.3) is 5.65 Å². The highest BCUT2D eigenvalue weighted by molar-refractivity contribution is 5.34. The molecule has 0 unspecified atom stereocenters. The van der Waals surface area contributed by atoms with Crippen molar-refractivity contribution in [3.63, 3.8) is 0 Å². The molecule has 56 valence electrons. The third kappa shape index (κ3) is 0.857. The standard InChI is InChI=1S/C6H7N5/c7-4-6-10-9-5-2-1-3-8-11(5)6/h1-3H,4,7H2. The minimum absolute atomic E-state index is 0.359. The van der Waals surface area contributed by atoms with Gasteiger partial charge in [-0.25, -0.2) is 0 Å². The monoisotopic (exact) mass is 149 g/mol. The van der Waals surface area contributed by atoms with E-state index in [1.54, 1.807) is 10.7 Å². The molecule has 0 amide bonds. The first-order valence-corrected chi connectivity index (χ1v) is 3.27. The van der Waals surface area contributed by atoms with Gasteiger partial charge in [-0.2, -0.15) is 9.61 Å². The molecule has 5 heteroatoms. The van der Waals surface area contributed by atoms with Crippen molar-refractivity contribution < 1.29 is 0 Å². The first-order chi connectivity index (χ1) is 5.42. The molecule has 2 heterocycles. The molecule has 0 aliphatic carbocycles. The Kier molecular flexibility index (Phi) is 1.29. The molecule has 0 saturated carbocycles. The number of hydrogen-bond donors (Lipinski definition) is 1. The topological polar surface area (TPSA) is 69.1 Å². The molecular formula is C6H7N5. The molecule has 0 fully saturated rings. The lowest BCUT2D eigenvalue weighted by Gasteiger charge is -1.91. The van der Waals surface area contributed by atoms with Gasteiger partial charge in [-0.15, -0.1) is 10.2 Å². The van der Waals surface area contributed by atoms with E-state index in [1.165, 1.54) is 0 Å². The van der Waals surface area contributed by atoms with Gasteiger partial charge in [0.25, 0.3) is 0 Å². The van der Waals surface area contributed by atoms with E-state index in [0.29, 0.717) is 12.4 Å². The van der Waals surface area contributed by atoms with E-state index >= 15 is 0 Å². The molecule has 0 aliphatic rings. The van der Waals surface area contributed by atoms with Crippen LogP contribution in [-0.4, -0.2) is 19.8 Å². The summed E-state index contributed by atoms with van der Waals surface area (Å²) in [5.41, 5.74) is 6.13. The molecule has 2 aromatic rings. The lowest BCUT2D eigenvalue weighted by atomic mass is 10.5. The number of nitrogens with zero attached hydrogens (tertiary/aromatic N) is 4. The first-order valence-electron chi connectivity index (χ1n) is 3.27. The summed E-state index contributed by atoms with van der Waals surface area (Å²) in [6.45, 7) is 0.359. The Balaban J connectivity index is 2.76. The van der Waals surface area contributed by atoms with Crippen molar-refractivity contribution in [2.75, 3.05) is 0 Å². The molecule has 5 nitrogen and oxygen atoms in total. The molecule has 0 spiro atoms. The van der Waals surface area contributed by atoms with E-state index in [1.807, 2.05) is 12.1 Å². The molecule has 0 aliphatic heterocycles. The Labute approximate surface area is 62.9 Å². The Hall–Kier alpha value is -1.49. The molecule has 0 atom stereocenters. The Morgan fingerprint density at radius 2 is 2.36 bits per heavy atom. The maximum atomic E-state index is 5.40. The summed E-state index contributed by atoms with van der Waals surface area (Å²) in [6.07, 6.45) is 1.68. The van der Waals surface area contributed by atoms with Crippen LogP contribution in [-0.2, 0) is 6.54 Å². The molecule has 11 heavy (non-hydrogen) atoms. The fourth-order valence-electron chi connectivity index (χ4n) is 0.917. The lowest BCUT2D eigenvalue weighted by molar-refractivity contribution is 0.808. The molecule has 2 rings (SSSR count). The van der Waals surface area contributed by atoms with Gasteiger partial charge in [0.1, 0.15) is 0 Å². The van der Waals surface area contributed by atoms with Gasteiger partial charge in [0.15, 0.2) is 11.5 Å². The highest BCUT2D eigenvalue weighted by atomic mass is 15.4. The van der Waals surface area contributed by atoms with Crippen LogP contribution in [0.5, 0.6) is 0 Å². The summed E-state index contributed by atoms with van der Waals surface area (Å²) < 4.78 is 1.62. The summed E-state index contributed by atoms with van der Waals surface area (Å²) in [5, 5.41) is 11.7. The van der Waals surface area contributed by atoms with Crippen molar-refractivity contribution >= 4 is 5.65 Å². The van der Waals surface area contributed by atoms with Gasteiger partial charge in [-0.3, -0.25) is 0 Å². The summed E-state index contributed by atoms with van der Waals surface area (Å²) in [4.78, 5) is 0. The van der Waals surface area contributed by atoms with E-state index in [9.17, 15) is 0 Å². The van der Waals surface area contributed by atoms with E-state index in [4.69, 9.17) is 5.73 Å². The Morgan fingerprint density at radius 1 is 1.45 bits per heavy atom. The Morgan fingerprint density at radius 3 is 3.18 bits per heavy atom. The minimum Gasteiger partial charge on any atom is -0.324 e. The summed E-state index contributed by atoms with van der Waals surface area (Å²) in [7, 11) is 0. The zero-order valence-electron chi connectivity index (χ0n) is 5.81. The van der Waals surface area contributed by atoms with Crippen molar-refractivity contribution in [3.05, 3.63) is 24.2 Å². The third-order valence-corrected chi connectivity index (χ3v) is 1.43. The number of hydrogen-bond acceptors (Lipinski definition) is 4. The van der Waals surface area contributed by atoms with Crippen LogP contribution in [0.4, 0.5) is 0 Å². The van der Waals surface area contributed by atoms with Crippen LogP contribution in [0, 0.1) is 0 Å². The predicted molar refractivity (Wildman–Crippen MR) is 38.7 cm³/mol. The van der Waals surface area contributed by atoms with Crippen molar-refractivity contribution in [2.45, 2.75) is 6.54 Å². The molecule has 2 N–H and O–H groups in total. The lowest BCUT2D eigenvalue weighted by Crippen LogP contribution is -2.04. The molecular weight excluding hydrogens is 142 g/mol. The van der Waals surface area contributed by atoms with Gasteiger partial charge >= 0.3 is 0 Å². The number of fused-ring (bicyclic) bond motifs is 1. The fourth-order valence-corrected chi connectivity index (χ4v) is 0.917. The van der Waals surface area contributed by atoms with Crippen LogP contribution in [0.2, 0.25) is 0 Å². The highest BCUT2D eigenvalue weighted by Gasteiger charge is 2.01. The van der Waals surface area contributed by atoms with Gasteiger partial charge in [0.2, 0.25) is 0 Å². The van der Waals surface area contributed by atoms with Crippen molar-refractivity contribution in [1.82, 2.24) is 19.8 Å². The van der Waals surface area contributed by atoms with Crippen molar-refractivity contribution in [1.29, 1.82) is 0 Å².